The zero-order valence-corrected chi connectivity index (χ0v) is 18.1. The summed E-state index contributed by atoms with van der Waals surface area (Å²) in [4.78, 5) is 28.9. The molecule has 4 rings (SSSR count). The predicted molar refractivity (Wildman–Crippen MR) is 117 cm³/mol. The van der Waals surface area contributed by atoms with E-state index in [1.165, 1.54) is 4.68 Å². The Balaban J connectivity index is 1.34. The Hall–Kier alpha value is -3.62. The van der Waals surface area contributed by atoms with Gasteiger partial charge in [0.1, 0.15) is 19.0 Å². The van der Waals surface area contributed by atoms with Gasteiger partial charge < -0.3 is 14.8 Å². The summed E-state index contributed by atoms with van der Waals surface area (Å²) >= 11 is 0. The van der Waals surface area contributed by atoms with Gasteiger partial charge in [-0.2, -0.15) is 5.10 Å². The van der Waals surface area contributed by atoms with Crippen LogP contribution in [0.1, 0.15) is 36.2 Å². The first-order valence-electron chi connectivity index (χ1n) is 10.8. The number of methoxy groups -OCH3 is 1. The molecule has 2 aromatic heterocycles. The van der Waals surface area contributed by atoms with Crippen LogP contribution in [0.25, 0.3) is 0 Å². The summed E-state index contributed by atoms with van der Waals surface area (Å²) in [5, 5.41) is 7.20. The first-order chi connectivity index (χ1) is 15.6. The predicted octanol–water partition coefficient (Wildman–Crippen LogP) is 2.07. The minimum absolute atomic E-state index is 0.0942. The highest BCUT2D eigenvalue weighted by Gasteiger charge is 2.17. The van der Waals surface area contributed by atoms with E-state index in [-0.39, 0.29) is 18.1 Å². The maximum absolute atomic E-state index is 12.5. The number of amides is 1. The van der Waals surface area contributed by atoms with E-state index in [1.54, 1.807) is 24.1 Å². The molecule has 9 heteroatoms. The summed E-state index contributed by atoms with van der Waals surface area (Å²) in [5.41, 5.74) is 1.65. The van der Waals surface area contributed by atoms with E-state index in [1.807, 2.05) is 30.3 Å². The van der Waals surface area contributed by atoms with Crippen LogP contribution < -0.4 is 20.5 Å². The molecule has 0 bridgehead atoms. The number of carbonyl (C=O) groups excluding carboxylic acids is 1. The molecule has 32 heavy (non-hydrogen) atoms. The topological polar surface area (TPSA) is 100 Å². The van der Waals surface area contributed by atoms with E-state index in [0.29, 0.717) is 31.2 Å². The zero-order valence-electron chi connectivity index (χ0n) is 18.1. The van der Waals surface area contributed by atoms with Gasteiger partial charge in [-0.05, 0) is 48.2 Å². The lowest BCUT2D eigenvalue weighted by atomic mass is 10.2. The number of pyridine rings is 1. The SMILES string of the molecule is COc1cc(CNC(=O)Cn2nc3n(c2=O)CCCCC3)ccc1OCc1ccncc1. The second-order valence-corrected chi connectivity index (χ2v) is 7.72. The molecule has 1 aliphatic rings. The Morgan fingerprint density at radius 1 is 1.09 bits per heavy atom. The molecule has 1 aromatic carbocycles. The van der Waals surface area contributed by atoms with Crippen molar-refractivity contribution in [2.75, 3.05) is 7.11 Å². The average molecular weight is 438 g/mol. The minimum atomic E-state index is -0.266. The zero-order chi connectivity index (χ0) is 22.3. The number of nitrogens with one attached hydrogen (secondary N) is 1. The number of rotatable bonds is 8. The van der Waals surface area contributed by atoms with Crippen LogP contribution in [0.4, 0.5) is 0 Å². The van der Waals surface area contributed by atoms with Crippen LogP contribution in [0.15, 0.2) is 47.5 Å². The number of hydrogen-bond acceptors (Lipinski definition) is 6. The fourth-order valence-corrected chi connectivity index (χ4v) is 3.70. The van der Waals surface area contributed by atoms with Gasteiger partial charge in [0, 0.05) is 31.9 Å². The number of hydrogen-bond donors (Lipinski definition) is 1. The van der Waals surface area contributed by atoms with E-state index in [0.717, 1.165) is 42.6 Å². The maximum Gasteiger partial charge on any atom is 0.346 e. The molecule has 168 valence electrons. The number of fused-ring (bicyclic) bond motifs is 1. The third-order valence-corrected chi connectivity index (χ3v) is 5.44. The number of ether oxygens (including phenoxy) is 2. The molecule has 3 heterocycles. The molecule has 0 fully saturated rings. The first-order valence-corrected chi connectivity index (χ1v) is 10.8. The van der Waals surface area contributed by atoms with Gasteiger partial charge in [-0.3, -0.25) is 14.3 Å². The van der Waals surface area contributed by atoms with Gasteiger partial charge in [0.05, 0.1) is 7.11 Å². The average Bonchev–Trinajstić information content (AvgIpc) is 2.97. The second-order valence-electron chi connectivity index (χ2n) is 7.72. The molecule has 0 aliphatic carbocycles. The smallest absolute Gasteiger partial charge is 0.346 e. The van der Waals surface area contributed by atoms with Crippen molar-refractivity contribution in [3.8, 4) is 11.5 Å². The number of nitrogens with zero attached hydrogens (tertiary/aromatic N) is 4. The van der Waals surface area contributed by atoms with Gasteiger partial charge in [-0.25, -0.2) is 9.48 Å². The summed E-state index contributed by atoms with van der Waals surface area (Å²) in [5.74, 6) is 1.70. The fourth-order valence-electron chi connectivity index (χ4n) is 3.70. The molecule has 9 nitrogen and oxygen atoms in total. The van der Waals surface area contributed by atoms with Crippen molar-refractivity contribution in [2.45, 2.75) is 51.9 Å². The summed E-state index contributed by atoms with van der Waals surface area (Å²) in [7, 11) is 1.58. The third-order valence-electron chi connectivity index (χ3n) is 5.44. The molecule has 1 amide bonds. The van der Waals surface area contributed by atoms with Crippen LogP contribution in [0.5, 0.6) is 11.5 Å². The number of aryl methyl sites for hydroxylation is 1. The Morgan fingerprint density at radius 2 is 1.94 bits per heavy atom. The summed E-state index contributed by atoms with van der Waals surface area (Å²) < 4.78 is 14.2. The molecule has 0 saturated heterocycles. The Morgan fingerprint density at radius 3 is 2.75 bits per heavy atom. The van der Waals surface area contributed by atoms with Crippen LogP contribution >= 0.6 is 0 Å². The lowest BCUT2D eigenvalue weighted by molar-refractivity contribution is -0.122. The molecule has 0 atom stereocenters. The second kappa shape index (κ2) is 10.1. The Bertz CT molecular complexity index is 1120. The molecular formula is C23H27N5O4. The van der Waals surface area contributed by atoms with Crippen molar-refractivity contribution in [1.82, 2.24) is 24.6 Å². The summed E-state index contributed by atoms with van der Waals surface area (Å²) in [6.45, 7) is 1.29. The van der Waals surface area contributed by atoms with Crippen molar-refractivity contribution in [3.05, 3.63) is 70.2 Å². The number of carbonyl (C=O) groups is 1. The molecule has 0 saturated carbocycles. The highest BCUT2D eigenvalue weighted by Crippen LogP contribution is 2.28. The van der Waals surface area contributed by atoms with Crippen LogP contribution in [-0.4, -0.2) is 32.3 Å². The third kappa shape index (κ3) is 5.16. The lowest BCUT2D eigenvalue weighted by Gasteiger charge is -2.13. The van der Waals surface area contributed by atoms with Gasteiger partial charge in [-0.1, -0.05) is 12.5 Å². The normalized spacial score (nSPS) is 13.2. The maximum atomic E-state index is 12.5. The lowest BCUT2D eigenvalue weighted by Crippen LogP contribution is -2.33. The van der Waals surface area contributed by atoms with E-state index >= 15 is 0 Å². The largest absolute Gasteiger partial charge is 0.493 e. The molecule has 0 spiro atoms. The van der Waals surface area contributed by atoms with Crippen LogP contribution in [-0.2, 0) is 37.5 Å². The van der Waals surface area contributed by atoms with Gasteiger partial charge in [0.2, 0.25) is 5.91 Å². The van der Waals surface area contributed by atoms with Crippen molar-refractivity contribution in [1.29, 1.82) is 0 Å². The van der Waals surface area contributed by atoms with Crippen molar-refractivity contribution in [2.24, 2.45) is 0 Å². The molecule has 1 N–H and O–H groups in total. The Kier molecular flexibility index (Phi) is 6.84. The molecule has 0 radical (unpaired) electrons. The molecular weight excluding hydrogens is 410 g/mol. The fraction of sp³-hybridized carbons (Fsp3) is 0.391. The van der Waals surface area contributed by atoms with Gasteiger partial charge in [0.15, 0.2) is 11.5 Å². The minimum Gasteiger partial charge on any atom is -0.493 e. The quantitative estimate of drug-likeness (QED) is 0.579. The van der Waals surface area contributed by atoms with E-state index in [2.05, 4.69) is 15.4 Å². The number of aromatic nitrogens is 4. The van der Waals surface area contributed by atoms with E-state index in [4.69, 9.17) is 9.47 Å². The summed E-state index contributed by atoms with van der Waals surface area (Å²) in [6.07, 6.45) is 7.30. The van der Waals surface area contributed by atoms with Crippen molar-refractivity contribution in [3.63, 3.8) is 0 Å². The number of benzene rings is 1. The van der Waals surface area contributed by atoms with Crippen LogP contribution in [0.3, 0.4) is 0 Å². The van der Waals surface area contributed by atoms with E-state index < -0.39 is 0 Å². The van der Waals surface area contributed by atoms with Crippen LogP contribution in [0, 0.1) is 0 Å². The molecule has 3 aromatic rings. The Labute approximate surface area is 186 Å². The first kappa shape index (κ1) is 21.6. The summed E-state index contributed by atoms with van der Waals surface area (Å²) in [6, 6.07) is 9.29. The van der Waals surface area contributed by atoms with Gasteiger partial charge in [0.25, 0.3) is 0 Å². The van der Waals surface area contributed by atoms with E-state index in [9.17, 15) is 9.59 Å². The van der Waals surface area contributed by atoms with Gasteiger partial charge >= 0.3 is 5.69 Å². The standard InChI is InChI=1S/C23H27N5O4/c1-31-20-13-18(6-7-19(20)32-16-17-8-10-24-11-9-17)14-25-22(29)15-28-23(30)27-12-4-2-3-5-21(27)26-28/h6-11,13H,2-5,12,14-16H2,1H3,(H,25,29). The highest BCUT2D eigenvalue weighted by atomic mass is 16.5. The van der Waals surface area contributed by atoms with Crippen LogP contribution in [0.2, 0.25) is 0 Å². The molecule has 0 unspecified atom stereocenters. The van der Waals surface area contributed by atoms with Crippen molar-refractivity contribution < 1.29 is 14.3 Å². The van der Waals surface area contributed by atoms with Crippen molar-refractivity contribution >= 4 is 5.91 Å². The van der Waals surface area contributed by atoms with Gasteiger partial charge in [-0.15, -0.1) is 0 Å². The molecule has 1 aliphatic heterocycles. The monoisotopic (exact) mass is 437 g/mol. The highest BCUT2D eigenvalue weighted by molar-refractivity contribution is 5.75.